The van der Waals surface area contributed by atoms with Crippen LogP contribution in [0.3, 0.4) is 0 Å². The molecule has 3 heterocycles. The van der Waals surface area contributed by atoms with Crippen molar-refractivity contribution in [2.75, 3.05) is 7.11 Å². The molecule has 1 aromatic carbocycles. The number of hydrogen-bond donors (Lipinski definition) is 1. The number of methoxy groups -OCH3 is 1. The molecule has 0 radical (unpaired) electrons. The Hall–Kier alpha value is -3.37. The van der Waals surface area contributed by atoms with E-state index in [2.05, 4.69) is 21.1 Å². The average Bonchev–Trinajstić information content (AvgIpc) is 3.31. The van der Waals surface area contributed by atoms with Crippen LogP contribution in [0, 0.1) is 17.1 Å². The van der Waals surface area contributed by atoms with Crippen molar-refractivity contribution in [3.05, 3.63) is 64.5 Å². The molecule has 0 fully saturated rings. The van der Waals surface area contributed by atoms with Crippen LogP contribution in [0.5, 0.6) is 5.75 Å². The van der Waals surface area contributed by atoms with Crippen LogP contribution in [0.25, 0.3) is 22.2 Å². The predicted molar refractivity (Wildman–Crippen MR) is 108 cm³/mol. The Morgan fingerprint density at radius 1 is 1.38 bits per heavy atom. The van der Waals surface area contributed by atoms with Crippen LogP contribution in [0.2, 0.25) is 5.02 Å². The summed E-state index contributed by atoms with van der Waals surface area (Å²) in [6.45, 7) is 1.93. The number of aromatic amines is 1. The first-order valence-corrected chi connectivity index (χ1v) is 9.25. The van der Waals surface area contributed by atoms with E-state index in [1.54, 1.807) is 30.2 Å². The number of rotatable bonds is 4. The van der Waals surface area contributed by atoms with Crippen molar-refractivity contribution < 1.29 is 9.13 Å². The fourth-order valence-electron chi connectivity index (χ4n) is 3.60. The molecule has 0 spiro atoms. The highest BCUT2D eigenvalue weighted by molar-refractivity contribution is 6.31. The van der Waals surface area contributed by atoms with E-state index in [4.69, 9.17) is 16.3 Å². The van der Waals surface area contributed by atoms with Crippen molar-refractivity contribution >= 4 is 22.6 Å². The van der Waals surface area contributed by atoms with E-state index in [1.807, 2.05) is 19.2 Å². The van der Waals surface area contributed by atoms with E-state index in [-0.39, 0.29) is 10.9 Å². The zero-order chi connectivity index (χ0) is 20.7. The van der Waals surface area contributed by atoms with Crippen LogP contribution >= 0.6 is 11.6 Å². The van der Waals surface area contributed by atoms with E-state index >= 15 is 0 Å². The highest BCUT2D eigenvalue weighted by Crippen LogP contribution is 2.40. The molecule has 0 aliphatic carbocycles. The first-order chi connectivity index (χ1) is 13.9. The molecule has 29 heavy (non-hydrogen) atoms. The Kier molecular flexibility index (Phi) is 4.73. The lowest BCUT2D eigenvalue weighted by Gasteiger charge is -2.17. The summed E-state index contributed by atoms with van der Waals surface area (Å²) in [4.78, 5) is 7.63. The van der Waals surface area contributed by atoms with Gasteiger partial charge in [0.2, 0.25) is 0 Å². The minimum absolute atomic E-state index is 0.0364. The van der Waals surface area contributed by atoms with Gasteiger partial charge >= 0.3 is 0 Å². The molecule has 0 bridgehead atoms. The number of nitriles is 1. The predicted octanol–water partition coefficient (Wildman–Crippen LogP) is 4.79. The van der Waals surface area contributed by atoms with Crippen LogP contribution in [-0.4, -0.2) is 26.9 Å². The third kappa shape index (κ3) is 3.12. The third-order valence-electron chi connectivity index (χ3n) is 5.02. The van der Waals surface area contributed by atoms with Crippen LogP contribution in [0.4, 0.5) is 4.39 Å². The van der Waals surface area contributed by atoms with E-state index in [0.717, 1.165) is 16.5 Å². The molecule has 1 atom stereocenters. The molecule has 0 aliphatic heterocycles. The lowest BCUT2D eigenvalue weighted by molar-refractivity contribution is 0.407. The topological polar surface area (TPSA) is 79.5 Å². The van der Waals surface area contributed by atoms with Gasteiger partial charge in [0.1, 0.15) is 23.3 Å². The summed E-state index contributed by atoms with van der Waals surface area (Å²) in [6, 6.07) is 6.91. The number of aryl methyl sites for hydroxylation is 1. The van der Waals surface area contributed by atoms with E-state index < -0.39 is 5.82 Å². The first-order valence-electron chi connectivity index (χ1n) is 8.87. The zero-order valence-electron chi connectivity index (χ0n) is 16.0. The molecule has 3 aromatic heterocycles. The lowest BCUT2D eigenvalue weighted by atomic mass is 9.91. The van der Waals surface area contributed by atoms with Crippen molar-refractivity contribution in [3.8, 4) is 22.9 Å². The van der Waals surface area contributed by atoms with Crippen LogP contribution in [0.1, 0.15) is 29.7 Å². The normalized spacial score (nSPS) is 12.1. The molecule has 0 unspecified atom stereocenters. The van der Waals surface area contributed by atoms with Crippen LogP contribution in [-0.2, 0) is 7.05 Å². The van der Waals surface area contributed by atoms with Gasteiger partial charge in [-0.25, -0.2) is 9.37 Å². The van der Waals surface area contributed by atoms with Crippen molar-refractivity contribution in [1.82, 2.24) is 19.7 Å². The fourth-order valence-corrected chi connectivity index (χ4v) is 3.92. The molecule has 1 N–H and O–H groups in total. The Morgan fingerprint density at radius 2 is 2.17 bits per heavy atom. The van der Waals surface area contributed by atoms with E-state index in [9.17, 15) is 9.65 Å². The van der Waals surface area contributed by atoms with Crippen molar-refractivity contribution in [2.24, 2.45) is 7.05 Å². The number of halogens is 2. The SMILES string of the molecule is COc1ccc(F)c(Cl)c1[C@@H](C)c1c[nH]c2ncc(-c3cn(C)nc3C#N)cc12. The standard InChI is InChI=1S/C21H17ClFN5O/c1-11(19-18(29-3)5-4-16(23)20(19)22)14-9-26-21-13(14)6-12(8-25-21)15-10-28(2)27-17(15)7-24/h4-6,8-11H,1-3H3,(H,25,26)/t11-/m0/s1. The van der Waals surface area contributed by atoms with Gasteiger partial charge < -0.3 is 9.72 Å². The summed E-state index contributed by atoms with van der Waals surface area (Å²) in [5.41, 5.74) is 3.94. The van der Waals surface area contributed by atoms with Crippen LogP contribution < -0.4 is 4.74 Å². The maximum atomic E-state index is 14.1. The number of fused-ring (bicyclic) bond motifs is 1. The Morgan fingerprint density at radius 3 is 2.90 bits per heavy atom. The molecule has 146 valence electrons. The summed E-state index contributed by atoms with van der Waals surface area (Å²) < 4.78 is 21.1. The Balaban J connectivity index is 1.88. The number of hydrogen-bond acceptors (Lipinski definition) is 4. The number of ether oxygens (including phenoxy) is 1. The molecule has 0 amide bonds. The zero-order valence-corrected chi connectivity index (χ0v) is 16.8. The number of H-pyrrole nitrogens is 1. The van der Waals surface area contributed by atoms with Gasteiger partial charge in [0, 0.05) is 53.6 Å². The summed E-state index contributed by atoms with van der Waals surface area (Å²) in [6.07, 6.45) is 5.31. The van der Waals surface area contributed by atoms with E-state index in [0.29, 0.717) is 28.2 Å². The summed E-state index contributed by atoms with van der Waals surface area (Å²) in [7, 11) is 3.29. The average molecular weight is 410 g/mol. The van der Waals surface area contributed by atoms with E-state index in [1.165, 1.54) is 13.2 Å². The second-order valence-corrected chi connectivity index (χ2v) is 7.12. The number of nitrogens with zero attached hydrogens (tertiary/aromatic N) is 4. The minimum atomic E-state index is -0.498. The van der Waals surface area contributed by atoms with Gasteiger partial charge in [-0.1, -0.05) is 18.5 Å². The fraction of sp³-hybridized carbons (Fsp3) is 0.190. The monoisotopic (exact) mass is 409 g/mol. The van der Waals surface area contributed by atoms with Gasteiger partial charge in [-0.15, -0.1) is 0 Å². The number of pyridine rings is 1. The molecular formula is C21H17ClFN5O. The highest BCUT2D eigenvalue weighted by atomic mass is 35.5. The van der Waals surface area contributed by atoms with Gasteiger partial charge in [0.05, 0.1) is 12.1 Å². The van der Waals surface area contributed by atoms with Gasteiger partial charge in [-0.3, -0.25) is 4.68 Å². The van der Waals surface area contributed by atoms with Gasteiger partial charge in [0.15, 0.2) is 5.69 Å². The van der Waals surface area contributed by atoms with Crippen molar-refractivity contribution in [3.63, 3.8) is 0 Å². The molecule has 6 nitrogen and oxygen atoms in total. The maximum absolute atomic E-state index is 14.1. The van der Waals surface area contributed by atoms with Crippen molar-refractivity contribution in [2.45, 2.75) is 12.8 Å². The number of aromatic nitrogens is 4. The van der Waals surface area contributed by atoms with Gasteiger partial charge in [-0.05, 0) is 23.8 Å². The lowest BCUT2D eigenvalue weighted by Crippen LogP contribution is -2.02. The molecule has 0 saturated heterocycles. The van der Waals surface area contributed by atoms with Crippen molar-refractivity contribution in [1.29, 1.82) is 5.26 Å². The summed E-state index contributed by atoms with van der Waals surface area (Å²) in [5, 5.41) is 14.4. The summed E-state index contributed by atoms with van der Waals surface area (Å²) in [5.74, 6) is -0.244. The van der Waals surface area contributed by atoms with Gasteiger partial charge in [-0.2, -0.15) is 10.4 Å². The quantitative estimate of drug-likeness (QED) is 0.525. The molecule has 4 rings (SSSR count). The van der Waals surface area contributed by atoms with Gasteiger partial charge in [0.25, 0.3) is 0 Å². The summed E-state index contributed by atoms with van der Waals surface area (Å²) >= 11 is 6.28. The molecule has 0 aliphatic rings. The molecule has 8 heteroatoms. The molecular weight excluding hydrogens is 393 g/mol. The Labute approximate surface area is 171 Å². The second-order valence-electron chi connectivity index (χ2n) is 6.74. The molecule has 0 saturated carbocycles. The van der Waals surface area contributed by atoms with Crippen LogP contribution in [0.15, 0.2) is 36.8 Å². The maximum Gasteiger partial charge on any atom is 0.170 e. The second kappa shape index (κ2) is 7.22. The number of benzene rings is 1. The third-order valence-corrected chi connectivity index (χ3v) is 5.40. The smallest absolute Gasteiger partial charge is 0.170 e. The Bertz CT molecular complexity index is 1270. The minimum Gasteiger partial charge on any atom is -0.496 e. The largest absolute Gasteiger partial charge is 0.496 e. The highest BCUT2D eigenvalue weighted by Gasteiger charge is 2.23. The molecule has 4 aromatic rings. The first kappa shape index (κ1) is 19.0. The number of nitrogens with one attached hydrogen (secondary N) is 1.